The fourth-order valence-electron chi connectivity index (χ4n) is 2.02. The second kappa shape index (κ2) is 5.26. The Kier molecular flexibility index (Phi) is 3.69. The molecule has 0 bridgehead atoms. The molecule has 0 radical (unpaired) electrons. The number of nitrogens with zero attached hydrogens (tertiary/aromatic N) is 3. The van der Waals surface area contributed by atoms with Crippen LogP contribution in [0.4, 0.5) is 0 Å². The monoisotopic (exact) mass is 262 g/mol. The molecule has 0 saturated carbocycles. The summed E-state index contributed by atoms with van der Waals surface area (Å²) in [6.45, 7) is 6.40. The highest BCUT2D eigenvalue weighted by atomic mass is 16.2. The lowest BCUT2D eigenvalue weighted by Gasteiger charge is -2.13. The molecule has 2 aromatic rings. The molecule has 0 unspecified atom stereocenters. The van der Waals surface area contributed by atoms with E-state index >= 15 is 0 Å². The van der Waals surface area contributed by atoms with Gasteiger partial charge in [-0.3, -0.25) is 14.3 Å². The van der Waals surface area contributed by atoms with Gasteiger partial charge in [0.05, 0.1) is 18.6 Å². The van der Waals surface area contributed by atoms with E-state index in [1.165, 1.54) is 4.57 Å². The number of rotatable bonds is 4. The molecule has 0 amide bonds. The molecule has 6 heteroatoms. The van der Waals surface area contributed by atoms with Crippen molar-refractivity contribution < 1.29 is 0 Å². The van der Waals surface area contributed by atoms with Crippen molar-refractivity contribution in [1.82, 2.24) is 19.1 Å². The summed E-state index contributed by atoms with van der Waals surface area (Å²) in [5.41, 5.74) is 0.848. The Hall–Kier alpha value is -2.11. The molecule has 0 saturated heterocycles. The summed E-state index contributed by atoms with van der Waals surface area (Å²) < 4.78 is 3.51. The van der Waals surface area contributed by atoms with E-state index in [-0.39, 0.29) is 11.6 Å². The first-order chi connectivity index (χ1) is 9.02. The van der Waals surface area contributed by atoms with Crippen LogP contribution >= 0.6 is 0 Å². The number of aryl methyl sites for hydroxylation is 1. The standard InChI is InChI=1S/C13H18N4O2/c1-4-10-6-16(13(19)15-12(10)18)7-11-5-14-8-17(11)9(2)3/h5-6,8-9H,4,7H2,1-3H3,(H,15,18,19). The minimum Gasteiger partial charge on any atom is -0.330 e. The Bertz CT molecular complexity index is 678. The Morgan fingerprint density at radius 3 is 2.74 bits per heavy atom. The molecule has 1 N–H and O–H groups in total. The summed E-state index contributed by atoms with van der Waals surface area (Å²) >= 11 is 0. The van der Waals surface area contributed by atoms with Gasteiger partial charge in [-0.05, 0) is 20.3 Å². The molecule has 2 heterocycles. The molecule has 19 heavy (non-hydrogen) atoms. The first-order valence-electron chi connectivity index (χ1n) is 6.36. The van der Waals surface area contributed by atoms with Gasteiger partial charge in [-0.2, -0.15) is 0 Å². The van der Waals surface area contributed by atoms with Crippen LogP contribution in [0.2, 0.25) is 0 Å². The van der Waals surface area contributed by atoms with Gasteiger partial charge in [0.25, 0.3) is 5.56 Å². The van der Waals surface area contributed by atoms with E-state index in [1.807, 2.05) is 11.5 Å². The molecule has 0 aliphatic carbocycles. The minimum absolute atomic E-state index is 0.279. The molecule has 0 aromatic carbocycles. The van der Waals surface area contributed by atoms with Crippen LogP contribution in [0.15, 0.2) is 28.3 Å². The SMILES string of the molecule is CCc1cn(Cc2cncn2C(C)C)c(=O)[nH]c1=O. The van der Waals surface area contributed by atoms with Crippen LogP contribution in [0.1, 0.15) is 38.1 Å². The highest BCUT2D eigenvalue weighted by Crippen LogP contribution is 2.09. The first kappa shape index (κ1) is 13.3. The van der Waals surface area contributed by atoms with Crippen LogP contribution in [-0.4, -0.2) is 19.1 Å². The Labute approximate surface area is 110 Å². The fraction of sp³-hybridized carbons (Fsp3) is 0.462. The van der Waals surface area contributed by atoms with Crippen LogP contribution in [0, 0.1) is 0 Å². The maximum Gasteiger partial charge on any atom is 0.328 e. The zero-order valence-electron chi connectivity index (χ0n) is 11.4. The van der Waals surface area contributed by atoms with E-state index < -0.39 is 5.69 Å². The number of aromatic amines is 1. The van der Waals surface area contributed by atoms with Crippen molar-refractivity contribution in [2.75, 3.05) is 0 Å². The van der Waals surface area contributed by atoms with Gasteiger partial charge in [-0.1, -0.05) is 6.92 Å². The second-order valence-electron chi connectivity index (χ2n) is 4.78. The van der Waals surface area contributed by atoms with Crippen LogP contribution < -0.4 is 11.2 Å². The summed E-state index contributed by atoms with van der Waals surface area (Å²) in [4.78, 5) is 29.8. The third-order valence-electron chi connectivity index (χ3n) is 3.10. The summed E-state index contributed by atoms with van der Waals surface area (Å²) in [5.74, 6) is 0. The largest absolute Gasteiger partial charge is 0.330 e. The number of hydrogen-bond acceptors (Lipinski definition) is 3. The van der Waals surface area contributed by atoms with E-state index in [0.29, 0.717) is 18.5 Å². The average molecular weight is 262 g/mol. The Morgan fingerprint density at radius 2 is 2.11 bits per heavy atom. The Balaban J connectivity index is 2.41. The van der Waals surface area contributed by atoms with Crippen molar-refractivity contribution >= 4 is 0 Å². The number of hydrogen-bond donors (Lipinski definition) is 1. The number of imidazole rings is 1. The summed E-state index contributed by atoms with van der Waals surface area (Å²) in [6.07, 6.45) is 5.71. The summed E-state index contributed by atoms with van der Waals surface area (Å²) in [6, 6.07) is 0.279. The van der Waals surface area contributed by atoms with Gasteiger partial charge in [-0.15, -0.1) is 0 Å². The van der Waals surface area contributed by atoms with Crippen molar-refractivity contribution in [2.24, 2.45) is 0 Å². The molecule has 0 aliphatic heterocycles. The predicted octanol–water partition coefficient (Wildman–Crippen LogP) is 0.925. The van der Waals surface area contributed by atoms with Gasteiger partial charge in [0.2, 0.25) is 0 Å². The van der Waals surface area contributed by atoms with Crippen molar-refractivity contribution in [1.29, 1.82) is 0 Å². The second-order valence-corrected chi connectivity index (χ2v) is 4.78. The van der Waals surface area contributed by atoms with Gasteiger partial charge < -0.3 is 4.57 Å². The van der Waals surface area contributed by atoms with Gasteiger partial charge >= 0.3 is 5.69 Å². The highest BCUT2D eigenvalue weighted by molar-refractivity contribution is 5.07. The quantitative estimate of drug-likeness (QED) is 0.890. The summed E-state index contributed by atoms with van der Waals surface area (Å²) in [5, 5.41) is 0. The van der Waals surface area contributed by atoms with Gasteiger partial charge in [-0.25, -0.2) is 9.78 Å². The average Bonchev–Trinajstić information content (AvgIpc) is 2.81. The van der Waals surface area contributed by atoms with Crippen LogP contribution in [0.3, 0.4) is 0 Å². The van der Waals surface area contributed by atoms with E-state index in [4.69, 9.17) is 0 Å². The third kappa shape index (κ3) is 2.67. The van der Waals surface area contributed by atoms with Crippen molar-refractivity contribution in [3.8, 4) is 0 Å². The number of H-pyrrole nitrogens is 1. The maximum absolute atomic E-state index is 11.8. The smallest absolute Gasteiger partial charge is 0.328 e. The number of aromatic nitrogens is 4. The lowest BCUT2D eigenvalue weighted by atomic mass is 10.2. The summed E-state index contributed by atoms with van der Waals surface area (Å²) in [7, 11) is 0. The molecule has 0 atom stereocenters. The van der Waals surface area contributed by atoms with E-state index in [9.17, 15) is 9.59 Å². The van der Waals surface area contributed by atoms with Crippen LogP contribution in [0.25, 0.3) is 0 Å². The van der Waals surface area contributed by atoms with Crippen LogP contribution in [0.5, 0.6) is 0 Å². The van der Waals surface area contributed by atoms with Gasteiger partial charge in [0, 0.05) is 24.0 Å². The van der Waals surface area contributed by atoms with Gasteiger partial charge in [0.1, 0.15) is 0 Å². The molecule has 0 fully saturated rings. The Morgan fingerprint density at radius 1 is 1.37 bits per heavy atom. The minimum atomic E-state index is -0.390. The lowest BCUT2D eigenvalue weighted by molar-refractivity contribution is 0.553. The lowest BCUT2D eigenvalue weighted by Crippen LogP contribution is -2.32. The highest BCUT2D eigenvalue weighted by Gasteiger charge is 2.08. The van der Waals surface area contributed by atoms with E-state index in [0.717, 1.165) is 5.69 Å². The van der Waals surface area contributed by atoms with Crippen molar-refractivity contribution in [3.63, 3.8) is 0 Å². The van der Waals surface area contributed by atoms with Crippen LogP contribution in [-0.2, 0) is 13.0 Å². The molecular formula is C13H18N4O2. The fourth-order valence-corrected chi connectivity index (χ4v) is 2.02. The van der Waals surface area contributed by atoms with Gasteiger partial charge in [0.15, 0.2) is 0 Å². The molecule has 6 nitrogen and oxygen atoms in total. The molecule has 2 aromatic heterocycles. The predicted molar refractivity (Wildman–Crippen MR) is 72.4 cm³/mol. The normalized spacial score (nSPS) is 11.2. The zero-order chi connectivity index (χ0) is 14.0. The molecule has 0 aliphatic rings. The maximum atomic E-state index is 11.8. The zero-order valence-corrected chi connectivity index (χ0v) is 11.4. The topological polar surface area (TPSA) is 72.7 Å². The van der Waals surface area contributed by atoms with E-state index in [2.05, 4.69) is 23.8 Å². The van der Waals surface area contributed by atoms with Crippen molar-refractivity contribution in [2.45, 2.75) is 39.8 Å². The number of nitrogens with one attached hydrogen (secondary N) is 1. The third-order valence-corrected chi connectivity index (χ3v) is 3.10. The molecule has 0 spiro atoms. The first-order valence-corrected chi connectivity index (χ1v) is 6.36. The van der Waals surface area contributed by atoms with E-state index in [1.54, 1.807) is 18.7 Å². The molecular weight excluding hydrogens is 244 g/mol. The molecule has 102 valence electrons. The van der Waals surface area contributed by atoms with Crippen molar-refractivity contribution in [3.05, 3.63) is 50.8 Å². The molecule has 2 rings (SSSR count).